The quantitative estimate of drug-likeness (QED) is 0.597. The number of aromatic nitrogens is 2. The number of nitrogens with zero attached hydrogens (tertiary/aromatic N) is 3. The first kappa shape index (κ1) is 22.2. The molecule has 3 rings (SSSR count). The number of ether oxygens (including phenoxy) is 2. The third-order valence-electron chi connectivity index (χ3n) is 5.21. The molecule has 28 heavy (non-hydrogen) atoms. The Balaban J connectivity index is 0.00000280. The molecule has 0 saturated carbocycles. The Kier molecular flexibility index (Phi) is 8.33. The van der Waals surface area contributed by atoms with Gasteiger partial charge in [0.2, 0.25) is 0 Å². The van der Waals surface area contributed by atoms with Crippen LogP contribution in [0.25, 0.3) is 5.69 Å². The first-order chi connectivity index (χ1) is 13.2. The lowest BCUT2D eigenvalue weighted by atomic mass is 10.1. The predicted molar refractivity (Wildman–Crippen MR) is 112 cm³/mol. The monoisotopic (exact) mass is 407 g/mol. The minimum Gasteiger partial charge on any atom is -0.497 e. The maximum atomic E-state index is 12.3. The van der Waals surface area contributed by atoms with E-state index in [1.54, 1.807) is 7.11 Å². The van der Waals surface area contributed by atoms with E-state index >= 15 is 0 Å². The van der Waals surface area contributed by atoms with Gasteiger partial charge in [0.25, 0.3) is 0 Å². The fraction of sp³-hybridized carbons (Fsp3) is 0.524. The van der Waals surface area contributed by atoms with E-state index in [2.05, 4.69) is 18.7 Å². The molecule has 1 heterocycles. The summed E-state index contributed by atoms with van der Waals surface area (Å²) in [5.41, 5.74) is 4.28. The van der Waals surface area contributed by atoms with Crippen LogP contribution in [0, 0.1) is 0 Å². The summed E-state index contributed by atoms with van der Waals surface area (Å²) in [5.74, 6) is 0.621. The van der Waals surface area contributed by atoms with Gasteiger partial charge in [0.15, 0.2) is 0 Å². The Morgan fingerprint density at radius 3 is 2.54 bits per heavy atom. The molecule has 2 aromatic rings. The molecule has 1 aromatic heterocycles. The third kappa shape index (κ3) is 5.06. The molecular weight excluding hydrogens is 378 g/mol. The minimum absolute atomic E-state index is 0. The topological polar surface area (TPSA) is 56.6 Å². The van der Waals surface area contributed by atoms with Crippen LogP contribution < -0.4 is 4.74 Å². The van der Waals surface area contributed by atoms with Gasteiger partial charge in [-0.3, -0.25) is 4.79 Å². The zero-order chi connectivity index (χ0) is 19.2. The van der Waals surface area contributed by atoms with Crippen molar-refractivity contribution in [2.24, 2.45) is 0 Å². The molecule has 0 radical (unpaired) electrons. The first-order valence-corrected chi connectivity index (χ1v) is 9.78. The molecule has 1 aliphatic rings. The summed E-state index contributed by atoms with van der Waals surface area (Å²) in [7, 11) is 1.66. The van der Waals surface area contributed by atoms with Gasteiger partial charge in [-0.2, -0.15) is 5.10 Å². The summed E-state index contributed by atoms with van der Waals surface area (Å²) >= 11 is 0. The Labute approximate surface area is 173 Å². The molecule has 0 unspecified atom stereocenters. The van der Waals surface area contributed by atoms with Gasteiger partial charge in [-0.25, -0.2) is 4.68 Å². The molecule has 0 fully saturated rings. The van der Waals surface area contributed by atoms with Gasteiger partial charge in [0, 0.05) is 12.2 Å². The van der Waals surface area contributed by atoms with Crippen LogP contribution >= 0.6 is 12.4 Å². The second-order valence-electron chi connectivity index (χ2n) is 6.76. The standard InChI is InChI=1S/C21H29N3O3.ClH/c1-4-23(5-2)13-14-27-21(25)15-19-18-7-6-8-20(18)24(22-19)16-9-11-17(26-3)12-10-16;/h9-12H,4-8,13-15H2,1-3H3;1H. The number of hydrogen-bond donors (Lipinski definition) is 0. The highest BCUT2D eigenvalue weighted by atomic mass is 35.5. The highest BCUT2D eigenvalue weighted by Gasteiger charge is 2.24. The van der Waals surface area contributed by atoms with Crippen molar-refractivity contribution in [3.05, 3.63) is 41.2 Å². The van der Waals surface area contributed by atoms with Gasteiger partial charge in [-0.05, 0) is 62.2 Å². The molecule has 0 atom stereocenters. The van der Waals surface area contributed by atoms with Crippen molar-refractivity contribution in [1.29, 1.82) is 0 Å². The number of carbonyl (C=O) groups is 1. The summed E-state index contributed by atoms with van der Waals surface area (Å²) in [6, 6.07) is 7.85. The first-order valence-electron chi connectivity index (χ1n) is 9.78. The Hall–Kier alpha value is -2.05. The van der Waals surface area contributed by atoms with Crippen LogP contribution in [0.3, 0.4) is 0 Å². The van der Waals surface area contributed by atoms with Crippen molar-refractivity contribution >= 4 is 18.4 Å². The zero-order valence-electron chi connectivity index (χ0n) is 16.9. The molecule has 6 nitrogen and oxygen atoms in total. The number of methoxy groups -OCH3 is 1. The predicted octanol–water partition coefficient (Wildman–Crippen LogP) is 3.22. The molecule has 0 spiro atoms. The van der Waals surface area contributed by atoms with Crippen LogP contribution in [0.2, 0.25) is 0 Å². The molecule has 0 amide bonds. The second kappa shape index (κ2) is 10.5. The van der Waals surface area contributed by atoms with E-state index in [1.807, 2.05) is 28.9 Å². The van der Waals surface area contributed by atoms with Crippen molar-refractivity contribution < 1.29 is 14.3 Å². The summed E-state index contributed by atoms with van der Waals surface area (Å²) in [6.07, 6.45) is 3.32. The number of benzene rings is 1. The molecule has 1 aromatic carbocycles. The van der Waals surface area contributed by atoms with E-state index in [1.165, 1.54) is 11.3 Å². The lowest BCUT2D eigenvalue weighted by molar-refractivity contribution is -0.143. The van der Waals surface area contributed by atoms with Gasteiger partial charge in [0.05, 0.1) is 24.9 Å². The second-order valence-corrected chi connectivity index (χ2v) is 6.76. The third-order valence-corrected chi connectivity index (χ3v) is 5.21. The molecule has 0 saturated heterocycles. The Bertz CT molecular complexity index is 770. The number of rotatable bonds is 9. The summed E-state index contributed by atoms with van der Waals surface area (Å²) < 4.78 is 12.6. The number of hydrogen-bond acceptors (Lipinski definition) is 5. The highest BCUT2D eigenvalue weighted by Crippen LogP contribution is 2.28. The fourth-order valence-corrected chi connectivity index (χ4v) is 3.61. The van der Waals surface area contributed by atoms with E-state index < -0.39 is 0 Å². The van der Waals surface area contributed by atoms with E-state index in [4.69, 9.17) is 14.6 Å². The summed E-state index contributed by atoms with van der Waals surface area (Å²) in [4.78, 5) is 14.5. The van der Waals surface area contributed by atoms with Crippen LogP contribution in [-0.2, 0) is 28.8 Å². The number of likely N-dealkylation sites (N-methyl/N-ethyl adjacent to an activating group) is 1. The van der Waals surface area contributed by atoms with E-state index in [9.17, 15) is 4.79 Å². The zero-order valence-corrected chi connectivity index (χ0v) is 17.8. The van der Waals surface area contributed by atoms with Crippen molar-refractivity contribution in [3.8, 4) is 11.4 Å². The van der Waals surface area contributed by atoms with Gasteiger partial charge in [0.1, 0.15) is 12.4 Å². The van der Waals surface area contributed by atoms with E-state index in [-0.39, 0.29) is 24.8 Å². The molecule has 0 aliphatic heterocycles. The van der Waals surface area contributed by atoms with Crippen molar-refractivity contribution in [2.75, 3.05) is 33.4 Å². The van der Waals surface area contributed by atoms with Crippen LogP contribution in [-0.4, -0.2) is 54.0 Å². The van der Waals surface area contributed by atoms with E-state index in [0.717, 1.165) is 56.0 Å². The average molecular weight is 408 g/mol. The largest absolute Gasteiger partial charge is 0.497 e. The molecule has 0 N–H and O–H groups in total. The Morgan fingerprint density at radius 2 is 1.89 bits per heavy atom. The lowest BCUT2D eigenvalue weighted by Gasteiger charge is -2.17. The van der Waals surface area contributed by atoms with Crippen LogP contribution in [0.5, 0.6) is 5.75 Å². The molecule has 154 valence electrons. The molecule has 0 bridgehead atoms. The number of esters is 1. The number of fused-ring (bicyclic) bond motifs is 1. The fourth-order valence-electron chi connectivity index (χ4n) is 3.61. The lowest BCUT2D eigenvalue weighted by Crippen LogP contribution is -2.28. The molecule has 1 aliphatic carbocycles. The van der Waals surface area contributed by atoms with Crippen LogP contribution in [0.4, 0.5) is 0 Å². The van der Waals surface area contributed by atoms with Gasteiger partial charge in [-0.1, -0.05) is 13.8 Å². The van der Waals surface area contributed by atoms with Crippen LogP contribution in [0.15, 0.2) is 24.3 Å². The molecule has 7 heteroatoms. The normalized spacial score (nSPS) is 12.6. The van der Waals surface area contributed by atoms with Gasteiger partial charge in [-0.15, -0.1) is 12.4 Å². The Morgan fingerprint density at radius 1 is 1.18 bits per heavy atom. The van der Waals surface area contributed by atoms with Gasteiger partial charge < -0.3 is 14.4 Å². The van der Waals surface area contributed by atoms with Crippen molar-refractivity contribution in [3.63, 3.8) is 0 Å². The number of halogens is 1. The maximum absolute atomic E-state index is 12.3. The smallest absolute Gasteiger partial charge is 0.311 e. The van der Waals surface area contributed by atoms with Crippen molar-refractivity contribution in [2.45, 2.75) is 39.5 Å². The molecular formula is C21H30ClN3O3. The average Bonchev–Trinajstić information content (AvgIpc) is 3.29. The number of carbonyl (C=O) groups excluding carboxylic acids is 1. The van der Waals surface area contributed by atoms with Crippen molar-refractivity contribution in [1.82, 2.24) is 14.7 Å². The van der Waals surface area contributed by atoms with Gasteiger partial charge >= 0.3 is 5.97 Å². The maximum Gasteiger partial charge on any atom is 0.311 e. The summed E-state index contributed by atoms with van der Waals surface area (Å²) in [6.45, 7) is 7.36. The SMILES string of the molecule is CCN(CC)CCOC(=O)Cc1nn(-c2ccc(OC)cc2)c2c1CCC2.Cl. The minimum atomic E-state index is -0.198. The summed E-state index contributed by atoms with van der Waals surface area (Å²) in [5, 5.41) is 4.74. The van der Waals surface area contributed by atoms with E-state index in [0.29, 0.717) is 6.61 Å². The van der Waals surface area contributed by atoms with Crippen LogP contribution in [0.1, 0.15) is 37.2 Å². The highest BCUT2D eigenvalue weighted by molar-refractivity contribution is 5.85.